The molecule has 0 aliphatic carbocycles. The van der Waals surface area contributed by atoms with Crippen molar-refractivity contribution in [1.82, 2.24) is 9.80 Å². The maximum absolute atomic E-state index is 13.5. The molecule has 3 saturated heterocycles. The van der Waals surface area contributed by atoms with Crippen LogP contribution >= 0.6 is 0 Å². The number of hydrogen-bond donors (Lipinski definition) is 0. The lowest BCUT2D eigenvalue weighted by atomic mass is 9.88. The van der Waals surface area contributed by atoms with Gasteiger partial charge in [-0.15, -0.1) is 0 Å². The summed E-state index contributed by atoms with van der Waals surface area (Å²) < 4.78 is 25.2. The normalized spacial score (nSPS) is 24.1. The summed E-state index contributed by atoms with van der Waals surface area (Å²) in [7, 11) is 0. The number of halogens is 1. The number of amides is 1. The van der Waals surface area contributed by atoms with Gasteiger partial charge in [0.2, 0.25) is 0 Å². The summed E-state index contributed by atoms with van der Waals surface area (Å²) in [5, 5.41) is 2.23. The minimum absolute atomic E-state index is 0.0845. The number of benzene rings is 3. The third kappa shape index (κ3) is 4.90. The van der Waals surface area contributed by atoms with Crippen molar-refractivity contribution in [3.63, 3.8) is 0 Å². The third-order valence-corrected chi connectivity index (χ3v) is 8.19. The van der Waals surface area contributed by atoms with Crippen molar-refractivity contribution in [3.8, 4) is 0 Å². The predicted molar refractivity (Wildman–Crippen MR) is 137 cm³/mol. The Morgan fingerprint density at radius 1 is 0.889 bits per heavy atom. The zero-order valence-electron chi connectivity index (χ0n) is 20.5. The molecule has 36 heavy (non-hydrogen) atoms. The van der Waals surface area contributed by atoms with Crippen LogP contribution in [0.3, 0.4) is 0 Å². The molecule has 0 N–H and O–H groups in total. The monoisotopic (exact) mass is 488 g/mol. The number of hydrogen-bond acceptors (Lipinski definition) is 4. The Labute approximate surface area is 211 Å². The molecule has 2 atom stereocenters. The van der Waals surface area contributed by atoms with Gasteiger partial charge in [-0.1, -0.05) is 42.5 Å². The number of nitrogens with zero attached hydrogens (tertiary/aromatic N) is 2. The second-order valence-electron chi connectivity index (χ2n) is 10.4. The van der Waals surface area contributed by atoms with Gasteiger partial charge >= 0.3 is 0 Å². The summed E-state index contributed by atoms with van der Waals surface area (Å²) in [6.07, 6.45) is 1.90. The van der Waals surface area contributed by atoms with E-state index in [1.165, 1.54) is 5.56 Å². The van der Waals surface area contributed by atoms with E-state index >= 15 is 0 Å². The predicted octanol–water partition coefficient (Wildman–Crippen LogP) is 4.92. The number of rotatable bonds is 5. The Morgan fingerprint density at radius 3 is 2.36 bits per heavy atom. The molecule has 0 bridgehead atoms. The first kappa shape index (κ1) is 23.6. The van der Waals surface area contributed by atoms with Gasteiger partial charge < -0.3 is 19.3 Å². The van der Waals surface area contributed by atoms with E-state index in [-0.39, 0.29) is 23.9 Å². The second-order valence-corrected chi connectivity index (χ2v) is 10.4. The molecule has 3 aromatic rings. The van der Waals surface area contributed by atoms with Gasteiger partial charge in [-0.3, -0.25) is 4.79 Å². The molecule has 3 aliphatic rings. The zero-order chi connectivity index (χ0) is 24.5. The van der Waals surface area contributed by atoms with E-state index in [1.54, 1.807) is 12.1 Å². The van der Waals surface area contributed by atoms with Crippen molar-refractivity contribution >= 4 is 16.7 Å². The van der Waals surface area contributed by atoms with E-state index in [0.29, 0.717) is 31.6 Å². The molecule has 5 nitrogen and oxygen atoms in total. The van der Waals surface area contributed by atoms with Crippen LogP contribution in [0.2, 0.25) is 0 Å². The molecule has 3 fully saturated rings. The van der Waals surface area contributed by atoms with Crippen LogP contribution in [0.1, 0.15) is 34.7 Å². The van der Waals surface area contributed by atoms with Crippen LogP contribution in [0.25, 0.3) is 10.8 Å². The van der Waals surface area contributed by atoms with Crippen molar-refractivity contribution in [2.75, 3.05) is 45.9 Å². The summed E-state index contributed by atoms with van der Waals surface area (Å²) >= 11 is 0. The van der Waals surface area contributed by atoms with E-state index in [9.17, 15) is 9.18 Å². The number of likely N-dealkylation sites (tertiary alicyclic amines) is 2. The molecule has 6 rings (SSSR count). The van der Waals surface area contributed by atoms with Crippen LogP contribution in [0.4, 0.5) is 4.39 Å². The molecule has 6 heteroatoms. The van der Waals surface area contributed by atoms with Gasteiger partial charge in [0, 0.05) is 31.1 Å². The lowest BCUT2D eigenvalue weighted by Crippen LogP contribution is -2.40. The first-order chi connectivity index (χ1) is 17.6. The Kier molecular flexibility index (Phi) is 6.74. The average Bonchev–Trinajstić information content (AvgIpc) is 3.59. The standard InChI is InChI=1S/C30H33FN2O3/c31-27-9-7-22(8-10-27)23-11-13-32(14-12-23)18-26-19-33(20-28(26)30-35-15-16-36-30)29(34)25-6-5-21-3-1-2-4-24(21)17-25/h1-10,17,23,26,28,30H,11-16,18-20H2. The quantitative estimate of drug-likeness (QED) is 0.511. The number of piperidine rings is 1. The van der Waals surface area contributed by atoms with Gasteiger partial charge in [-0.2, -0.15) is 0 Å². The molecular formula is C30H33FN2O3. The van der Waals surface area contributed by atoms with E-state index in [1.807, 2.05) is 47.4 Å². The molecular weight excluding hydrogens is 455 g/mol. The van der Waals surface area contributed by atoms with Crippen LogP contribution in [-0.2, 0) is 9.47 Å². The maximum atomic E-state index is 13.5. The highest BCUT2D eigenvalue weighted by molar-refractivity contribution is 5.98. The highest BCUT2D eigenvalue weighted by Crippen LogP contribution is 2.34. The molecule has 3 aromatic carbocycles. The molecule has 3 heterocycles. The summed E-state index contributed by atoms with van der Waals surface area (Å²) in [5.74, 6) is 0.865. The van der Waals surface area contributed by atoms with Crippen molar-refractivity contribution in [2.24, 2.45) is 11.8 Å². The van der Waals surface area contributed by atoms with Gasteiger partial charge in [0.15, 0.2) is 6.29 Å². The fourth-order valence-electron chi connectivity index (χ4n) is 6.21. The van der Waals surface area contributed by atoms with Crippen LogP contribution in [0.15, 0.2) is 66.7 Å². The average molecular weight is 489 g/mol. The fourth-order valence-corrected chi connectivity index (χ4v) is 6.21. The minimum atomic E-state index is -0.235. The lowest BCUT2D eigenvalue weighted by molar-refractivity contribution is -0.0924. The largest absolute Gasteiger partial charge is 0.350 e. The summed E-state index contributed by atoms with van der Waals surface area (Å²) in [6.45, 7) is 5.58. The molecule has 188 valence electrons. The molecule has 0 spiro atoms. The van der Waals surface area contributed by atoms with E-state index in [0.717, 1.165) is 55.4 Å². The molecule has 3 aliphatic heterocycles. The van der Waals surface area contributed by atoms with E-state index < -0.39 is 0 Å². The van der Waals surface area contributed by atoms with Gasteiger partial charge in [0.05, 0.1) is 13.2 Å². The molecule has 2 unspecified atom stereocenters. The first-order valence-corrected chi connectivity index (χ1v) is 13.1. The summed E-state index contributed by atoms with van der Waals surface area (Å²) in [4.78, 5) is 18.0. The Hall–Kier alpha value is -2.80. The number of fused-ring (bicyclic) bond motifs is 1. The van der Waals surface area contributed by atoms with Gasteiger partial charge in [0.25, 0.3) is 5.91 Å². The Morgan fingerprint density at radius 2 is 1.61 bits per heavy atom. The van der Waals surface area contributed by atoms with Gasteiger partial charge in [-0.05, 0) is 78.4 Å². The molecule has 0 saturated carbocycles. The van der Waals surface area contributed by atoms with Crippen LogP contribution in [0.5, 0.6) is 0 Å². The Bertz CT molecular complexity index is 1200. The number of carbonyl (C=O) groups is 1. The maximum Gasteiger partial charge on any atom is 0.253 e. The van der Waals surface area contributed by atoms with Gasteiger partial charge in [-0.25, -0.2) is 4.39 Å². The zero-order valence-corrected chi connectivity index (χ0v) is 20.5. The van der Waals surface area contributed by atoms with Crippen molar-refractivity contribution < 1.29 is 18.7 Å². The van der Waals surface area contributed by atoms with E-state index in [4.69, 9.17) is 9.47 Å². The highest BCUT2D eigenvalue weighted by atomic mass is 19.1. The van der Waals surface area contributed by atoms with Crippen LogP contribution in [0, 0.1) is 17.7 Å². The smallest absolute Gasteiger partial charge is 0.253 e. The lowest BCUT2D eigenvalue weighted by Gasteiger charge is -2.35. The summed E-state index contributed by atoms with van der Waals surface area (Å²) in [6, 6.07) is 21.1. The van der Waals surface area contributed by atoms with E-state index in [2.05, 4.69) is 17.0 Å². The molecule has 1 amide bonds. The topological polar surface area (TPSA) is 42.0 Å². The minimum Gasteiger partial charge on any atom is -0.350 e. The third-order valence-electron chi connectivity index (χ3n) is 8.19. The van der Waals surface area contributed by atoms with Crippen molar-refractivity contribution in [1.29, 1.82) is 0 Å². The summed E-state index contributed by atoms with van der Waals surface area (Å²) in [5.41, 5.74) is 1.97. The first-order valence-electron chi connectivity index (χ1n) is 13.1. The highest BCUT2D eigenvalue weighted by Gasteiger charge is 2.43. The van der Waals surface area contributed by atoms with Crippen molar-refractivity contribution in [2.45, 2.75) is 25.0 Å². The van der Waals surface area contributed by atoms with Gasteiger partial charge in [0.1, 0.15) is 5.82 Å². The molecule has 0 aromatic heterocycles. The number of ether oxygens (including phenoxy) is 2. The van der Waals surface area contributed by atoms with Crippen LogP contribution in [-0.4, -0.2) is 67.9 Å². The Balaban J connectivity index is 1.13. The second kappa shape index (κ2) is 10.3. The molecule has 0 radical (unpaired) electrons. The van der Waals surface area contributed by atoms with Crippen molar-refractivity contribution in [3.05, 3.63) is 83.7 Å². The SMILES string of the molecule is O=C(c1ccc2ccccc2c1)N1CC(CN2CCC(c3ccc(F)cc3)CC2)C(C2OCCO2)C1. The van der Waals surface area contributed by atoms with Crippen LogP contribution < -0.4 is 0 Å². The number of carbonyl (C=O) groups excluding carboxylic acids is 1. The fraction of sp³-hybridized carbons (Fsp3) is 0.433.